The molecule has 2 aliphatic heterocycles. The lowest BCUT2D eigenvalue weighted by Crippen LogP contribution is -2.23. The molecule has 1 aromatic carbocycles. The van der Waals surface area contributed by atoms with Crippen LogP contribution in [0.25, 0.3) is 0 Å². The number of fused-ring (bicyclic) bond motifs is 1. The smallest absolute Gasteiger partial charge is 0.180 e. The first-order valence-corrected chi connectivity index (χ1v) is 5.78. The Kier molecular flexibility index (Phi) is 2.40. The van der Waals surface area contributed by atoms with E-state index in [4.69, 9.17) is 4.74 Å². The normalized spacial score (nSPS) is 28.7. The van der Waals surface area contributed by atoms with Crippen molar-refractivity contribution in [1.82, 2.24) is 4.90 Å². The highest BCUT2D eigenvalue weighted by Crippen LogP contribution is 2.23. The SMILES string of the molecule is CC1=N[C@@H]2CN(Cc3ccccc3)C[C@@H]2O1. The summed E-state index contributed by atoms with van der Waals surface area (Å²) in [6.45, 7) is 4.98. The number of hydrogen-bond donors (Lipinski definition) is 0. The predicted octanol–water partition coefficient (Wildman–Crippen LogP) is 1.69. The van der Waals surface area contributed by atoms with Crippen molar-refractivity contribution in [2.45, 2.75) is 25.6 Å². The van der Waals surface area contributed by atoms with Gasteiger partial charge in [0.1, 0.15) is 12.1 Å². The molecule has 0 spiro atoms. The lowest BCUT2D eigenvalue weighted by atomic mass is 10.2. The van der Waals surface area contributed by atoms with E-state index in [9.17, 15) is 0 Å². The van der Waals surface area contributed by atoms with Gasteiger partial charge in [0.15, 0.2) is 5.90 Å². The third kappa shape index (κ3) is 1.83. The summed E-state index contributed by atoms with van der Waals surface area (Å²) >= 11 is 0. The van der Waals surface area contributed by atoms with Gasteiger partial charge in [-0.3, -0.25) is 4.90 Å². The molecule has 84 valence electrons. The number of likely N-dealkylation sites (tertiary alicyclic amines) is 1. The minimum atomic E-state index is 0.295. The van der Waals surface area contributed by atoms with Gasteiger partial charge in [-0.1, -0.05) is 30.3 Å². The molecule has 0 bridgehead atoms. The molecule has 3 heteroatoms. The van der Waals surface area contributed by atoms with Crippen LogP contribution in [0, 0.1) is 0 Å². The van der Waals surface area contributed by atoms with Gasteiger partial charge >= 0.3 is 0 Å². The van der Waals surface area contributed by atoms with Crippen LogP contribution in [0.2, 0.25) is 0 Å². The Morgan fingerprint density at radius 2 is 2.12 bits per heavy atom. The molecule has 0 aromatic heterocycles. The maximum absolute atomic E-state index is 5.66. The summed E-state index contributed by atoms with van der Waals surface area (Å²) in [6.07, 6.45) is 0.295. The van der Waals surface area contributed by atoms with Crippen LogP contribution in [-0.4, -0.2) is 36.0 Å². The second kappa shape index (κ2) is 3.91. The minimum Gasteiger partial charge on any atom is -0.474 e. The number of nitrogens with zero attached hydrogens (tertiary/aromatic N) is 2. The zero-order valence-electron chi connectivity index (χ0n) is 9.47. The van der Waals surface area contributed by atoms with Gasteiger partial charge in [-0.15, -0.1) is 0 Å². The largest absolute Gasteiger partial charge is 0.474 e. The lowest BCUT2D eigenvalue weighted by Gasteiger charge is -2.15. The van der Waals surface area contributed by atoms with Crippen molar-refractivity contribution in [2.24, 2.45) is 4.99 Å². The van der Waals surface area contributed by atoms with Crippen molar-refractivity contribution in [1.29, 1.82) is 0 Å². The van der Waals surface area contributed by atoms with Gasteiger partial charge in [-0.25, -0.2) is 4.99 Å². The molecular weight excluding hydrogens is 200 g/mol. The fourth-order valence-corrected chi connectivity index (χ4v) is 2.53. The summed E-state index contributed by atoms with van der Waals surface area (Å²) in [5.41, 5.74) is 1.36. The van der Waals surface area contributed by atoms with Crippen molar-refractivity contribution in [3.05, 3.63) is 35.9 Å². The molecule has 0 radical (unpaired) electrons. The molecule has 2 heterocycles. The highest BCUT2D eigenvalue weighted by molar-refractivity contribution is 5.75. The molecule has 3 rings (SSSR count). The molecule has 0 aliphatic carbocycles. The molecule has 0 amide bonds. The van der Waals surface area contributed by atoms with E-state index in [1.807, 2.05) is 6.92 Å². The number of aliphatic imine (C=N–C) groups is 1. The van der Waals surface area contributed by atoms with Crippen LogP contribution in [0.1, 0.15) is 12.5 Å². The molecule has 16 heavy (non-hydrogen) atoms. The summed E-state index contributed by atoms with van der Waals surface area (Å²) in [5, 5.41) is 0. The lowest BCUT2D eigenvalue weighted by molar-refractivity contribution is 0.197. The Morgan fingerprint density at radius 1 is 1.31 bits per heavy atom. The Bertz CT molecular complexity index is 402. The molecule has 0 saturated carbocycles. The quantitative estimate of drug-likeness (QED) is 0.751. The van der Waals surface area contributed by atoms with Crippen molar-refractivity contribution in [2.75, 3.05) is 13.1 Å². The van der Waals surface area contributed by atoms with Gasteiger partial charge in [0.05, 0.1) is 0 Å². The highest BCUT2D eigenvalue weighted by Gasteiger charge is 2.38. The Balaban J connectivity index is 1.64. The third-order valence-corrected chi connectivity index (χ3v) is 3.23. The predicted molar refractivity (Wildman–Crippen MR) is 63.5 cm³/mol. The fourth-order valence-electron chi connectivity index (χ4n) is 2.53. The maximum atomic E-state index is 5.66. The Labute approximate surface area is 95.7 Å². The van der Waals surface area contributed by atoms with Crippen LogP contribution in [0.4, 0.5) is 0 Å². The summed E-state index contributed by atoms with van der Waals surface area (Å²) < 4.78 is 5.66. The number of ether oxygens (including phenoxy) is 1. The van der Waals surface area contributed by atoms with Crippen LogP contribution in [0.5, 0.6) is 0 Å². The van der Waals surface area contributed by atoms with Crippen LogP contribution in [0.3, 0.4) is 0 Å². The number of rotatable bonds is 2. The highest BCUT2D eigenvalue weighted by atomic mass is 16.5. The average molecular weight is 216 g/mol. The van der Waals surface area contributed by atoms with Gasteiger partial charge in [0.25, 0.3) is 0 Å². The molecule has 1 saturated heterocycles. The summed E-state index contributed by atoms with van der Waals surface area (Å²) in [6, 6.07) is 10.9. The molecule has 1 aromatic rings. The average Bonchev–Trinajstić information content (AvgIpc) is 2.76. The first-order valence-electron chi connectivity index (χ1n) is 5.78. The standard InChI is InChI=1S/C13H16N2O/c1-10-14-12-8-15(9-13(12)16-10)7-11-5-3-2-4-6-11/h2-6,12-13H,7-9H2,1H3/t12-,13+/m1/s1. The van der Waals surface area contributed by atoms with Gasteiger partial charge < -0.3 is 4.74 Å². The van der Waals surface area contributed by atoms with Crippen LogP contribution in [-0.2, 0) is 11.3 Å². The minimum absolute atomic E-state index is 0.295. The van der Waals surface area contributed by atoms with Crippen LogP contribution in [0.15, 0.2) is 35.3 Å². The number of hydrogen-bond acceptors (Lipinski definition) is 3. The summed E-state index contributed by atoms with van der Waals surface area (Å²) in [4.78, 5) is 6.91. The molecule has 1 fully saturated rings. The fraction of sp³-hybridized carbons (Fsp3) is 0.462. The Hall–Kier alpha value is -1.35. The van der Waals surface area contributed by atoms with E-state index in [1.165, 1.54) is 5.56 Å². The molecule has 2 atom stereocenters. The van der Waals surface area contributed by atoms with Crippen LogP contribution >= 0.6 is 0 Å². The second-order valence-corrected chi connectivity index (χ2v) is 4.55. The van der Waals surface area contributed by atoms with E-state index >= 15 is 0 Å². The second-order valence-electron chi connectivity index (χ2n) is 4.55. The first-order chi connectivity index (χ1) is 7.81. The molecule has 3 nitrogen and oxygen atoms in total. The maximum Gasteiger partial charge on any atom is 0.180 e. The zero-order chi connectivity index (χ0) is 11.0. The first kappa shape index (κ1) is 9.85. The molecular formula is C13H16N2O. The van der Waals surface area contributed by atoms with E-state index in [-0.39, 0.29) is 0 Å². The monoisotopic (exact) mass is 216 g/mol. The van der Waals surface area contributed by atoms with Crippen molar-refractivity contribution >= 4 is 5.90 Å². The molecule has 0 unspecified atom stereocenters. The molecule has 2 aliphatic rings. The van der Waals surface area contributed by atoms with E-state index in [0.717, 1.165) is 25.5 Å². The van der Waals surface area contributed by atoms with Crippen molar-refractivity contribution < 1.29 is 4.74 Å². The Morgan fingerprint density at radius 3 is 2.88 bits per heavy atom. The van der Waals surface area contributed by atoms with Crippen LogP contribution < -0.4 is 0 Å². The van der Waals surface area contributed by atoms with Crippen molar-refractivity contribution in [3.63, 3.8) is 0 Å². The van der Waals surface area contributed by atoms with Gasteiger partial charge in [0, 0.05) is 26.6 Å². The van der Waals surface area contributed by atoms with E-state index in [0.29, 0.717) is 12.1 Å². The van der Waals surface area contributed by atoms with Crippen molar-refractivity contribution in [3.8, 4) is 0 Å². The van der Waals surface area contributed by atoms with E-state index < -0.39 is 0 Å². The zero-order valence-corrected chi connectivity index (χ0v) is 9.47. The van der Waals surface area contributed by atoms with E-state index in [2.05, 4.69) is 40.2 Å². The van der Waals surface area contributed by atoms with Gasteiger partial charge in [-0.05, 0) is 5.56 Å². The molecule has 0 N–H and O–H groups in total. The summed E-state index contributed by atoms with van der Waals surface area (Å²) in [5.74, 6) is 0.856. The third-order valence-electron chi connectivity index (χ3n) is 3.23. The topological polar surface area (TPSA) is 24.8 Å². The van der Waals surface area contributed by atoms with Gasteiger partial charge in [0.2, 0.25) is 0 Å². The van der Waals surface area contributed by atoms with Gasteiger partial charge in [-0.2, -0.15) is 0 Å². The number of benzene rings is 1. The van der Waals surface area contributed by atoms with E-state index in [1.54, 1.807) is 0 Å². The summed E-state index contributed by atoms with van der Waals surface area (Å²) in [7, 11) is 0.